The second-order valence-electron chi connectivity index (χ2n) is 7.16. The number of anilines is 1. The molecule has 30 heavy (non-hydrogen) atoms. The molecule has 0 atom stereocenters. The Morgan fingerprint density at radius 1 is 1.17 bits per heavy atom. The molecule has 3 heterocycles. The van der Waals surface area contributed by atoms with Crippen LogP contribution in [0.2, 0.25) is 0 Å². The fourth-order valence-corrected chi connectivity index (χ4v) is 4.18. The molecule has 2 aromatic heterocycles. The number of furan rings is 1. The van der Waals surface area contributed by atoms with Crippen LogP contribution in [-0.2, 0) is 17.8 Å². The molecular weight excluding hydrogens is 405 g/mol. The number of hydrogen-bond acceptors (Lipinski definition) is 6. The predicted molar refractivity (Wildman–Crippen MR) is 113 cm³/mol. The minimum Gasteiger partial charge on any atom is -0.467 e. The molecule has 1 saturated heterocycles. The highest BCUT2D eigenvalue weighted by Crippen LogP contribution is 2.25. The number of hydrogen-bond donors (Lipinski definition) is 1. The summed E-state index contributed by atoms with van der Waals surface area (Å²) in [5.74, 6) is 1.56. The lowest BCUT2D eigenvalue weighted by Crippen LogP contribution is -2.27. The van der Waals surface area contributed by atoms with Crippen LogP contribution in [0, 0.1) is 5.82 Å². The topological polar surface area (TPSA) is 76.2 Å². The van der Waals surface area contributed by atoms with Crippen LogP contribution in [0.15, 0.2) is 52.2 Å². The predicted octanol–water partition coefficient (Wildman–Crippen LogP) is 3.11. The fraction of sp³-hybridized carbons (Fsp3) is 0.381. The number of nitrogens with zero attached hydrogens (tertiary/aromatic N) is 4. The van der Waals surface area contributed by atoms with Gasteiger partial charge in [0.2, 0.25) is 11.9 Å². The lowest BCUT2D eigenvalue weighted by molar-refractivity contribution is -0.118. The number of benzene rings is 1. The van der Waals surface area contributed by atoms with Crippen molar-refractivity contribution in [3.8, 4) is 0 Å². The largest absolute Gasteiger partial charge is 0.467 e. The molecule has 0 radical (unpaired) electrons. The second kappa shape index (κ2) is 9.80. The summed E-state index contributed by atoms with van der Waals surface area (Å²) in [5.41, 5.74) is 0.984. The van der Waals surface area contributed by atoms with E-state index in [0.29, 0.717) is 24.7 Å². The molecule has 1 fully saturated rings. The molecule has 1 N–H and O–H groups in total. The summed E-state index contributed by atoms with van der Waals surface area (Å²) in [6, 6.07) is 10.1. The van der Waals surface area contributed by atoms with Crippen LogP contribution in [0.5, 0.6) is 0 Å². The summed E-state index contributed by atoms with van der Waals surface area (Å²) in [6.07, 6.45) is 4.60. The molecule has 0 saturated carbocycles. The molecule has 0 unspecified atom stereocenters. The highest BCUT2D eigenvalue weighted by molar-refractivity contribution is 7.99. The van der Waals surface area contributed by atoms with Gasteiger partial charge in [-0.1, -0.05) is 23.9 Å². The Morgan fingerprint density at radius 3 is 2.70 bits per heavy atom. The molecule has 4 rings (SSSR count). The van der Waals surface area contributed by atoms with Crippen molar-refractivity contribution in [1.29, 1.82) is 0 Å². The molecular formula is C21H24FN5O2S. The Kier molecular flexibility index (Phi) is 6.68. The highest BCUT2D eigenvalue weighted by atomic mass is 32.2. The van der Waals surface area contributed by atoms with Gasteiger partial charge in [-0.05, 0) is 49.1 Å². The smallest absolute Gasteiger partial charge is 0.230 e. The number of rotatable bonds is 9. The average molecular weight is 430 g/mol. The van der Waals surface area contributed by atoms with Crippen LogP contribution in [0.25, 0.3) is 0 Å². The van der Waals surface area contributed by atoms with Crippen LogP contribution >= 0.6 is 11.8 Å². The van der Waals surface area contributed by atoms with Crippen LogP contribution in [0.4, 0.5) is 10.3 Å². The standard InChI is InChI=1S/C21H24FN5O2S/c22-17-7-5-16(6-8-17)9-10-23-19(28)15-30-21-25-24-20(26-11-1-2-12-26)27(21)14-18-4-3-13-29-18/h3-8,13H,1-2,9-12,14-15H2,(H,23,28). The van der Waals surface area contributed by atoms with Crippen LogP contribution < -0.4 is 10.2 Å². The number of halogens is 1. The van der Waals surface area contributed by atoms with Gasteiger partial charge in [-0.25, -0.2) is 4.39 Å². The molecule has 7 nitrogen and oxygen atoms in total. The van der Waals surface area contributed by atoms with Gasteiger partial charge in [0.25, 0.3) is 0 Å². The molecule has 9 heteroatoms. The van der Waals surface area contributed by atoms with Crippen molar-refractivity contribution < 1.29 is 13.6 Å². The van der Waals surface area contributed by atoms with Crippen LogP contribution in [0.3, 0.4) is 0 Å². The minimum atomic E-state index is -0.258. The zero-order chi connectivity index (χ0) is 20.8. The molecule has 0 bridgehead atoms. The lowest BCUT2D eigenvalue weighted by Gasteiger charge is -2.17. The van der Waals surface area contributed by atoms with E-state index in [0.717, 1.165) is 43.2 Å². The third kappa shape index (κ3) is 5.21. The minimum absolute atomic E-state index is 0.0719. The molecule has 0 aliphatic carbocycles. The summed E-state index contributed by atoms with van der Waals surface area (Å²) in [6.45, 7) is 2.96. The first-order chi connectivity index (χ1) is 14.7. The first-order valence-electron chi connectivity index (χ1n) is 10.0. The van der Waals surface area contributed by atoms with Crippen LogP contribution in [-0.4, -0.2) is 46.1 Å². The maximum Gasteiger partial charge on any atom is 0.230 e. The molecule has 1 aromatic carbocycles. The van der Waals surface area contributed by atoms with Gasteiger partial charge in [-0.3, -0.25) is 9.36 Å². The SMILES string of the molecule is O=C(CSc1nnc(N2CCCC2)n1Cc1ccco1)NCCc1ccc(F)cc1. The van der Waals surface area contributed by atoms with Gasteiger partial charge >= 0.3 is 0 Å². The first-order valence-corrected chi connectivity index (χ1v) is 11.0. The van der Waals surface area contributed by atoms with E-state index in [2.05, 4.69) is 20.4 Å². The molecule has 3 aromatic rings. The van der Waals surface area contributed by atoms with E-state index in [4.69, 9.17) is 4.42 Å². The number of thioether (sulfide) groups is 1. The summed E-state index contributed by atoms with van der Waals surface area (Å²) in [7, 11) is 0. The second-order valence-corrected chi connectivity index (χ2v) is 8.10. The zero-order valence-electron chi connectivity index (χ0n) is 16.6. The summed E-state index contributed by atoms with van der Waals surface area (Å²) < 4.78 is 20.5. The molecule has 158 valence electrons. The van der Waals surface area contributed by atoms with Gasteiger partial charge in [-0.2, -0.15) is 0 Å². The van der Waals surface area contributed by atoms with Crippen molar-refractivity contribution in [2.45, 2.75) is 31.0 Å². The molecule has 1 aliphatic heterocycles. The van der Waals surface area contributed by atoms with Crippen LogP contribution in [0.1, 0.15) is 24.2 Å². The van der Waals surface area contributed by atoms with E-state index in [1.165, 1.54) is 23.9 Å². The van der Waals surface area contributed by atoms with Gasteiger partial charge in [0.15, 0.2) is 5.16 Å². The molecule has 0 spiro atoms. The third-order valence-corrected chi connectivity index (χ3v) is 5.93. The van der Waals surface area contributed by atoms with Crippen molar-refractivity contribution >= 4 is 23.6 Å². The Labute approximate surface area is 178 Å². The average Bonchev–Trinajstić information content (AvgIpc) is 3.51. The van der Waals surface area contributed by atoms with E-state index in [-0.39, 0.29) is 17.5 Å². The van der Waals surface area contributed by atoms with Crippen molar-refractivity contribution in [3.63, 3.8) is 0 Å². The van der Waals surface area contributed by atoms with E-state index in [1.807, 2.05) is 16.7 Å². The first kappa shape index (κ1) is 20.5. The normalized spacial score (nSPS) is 13.7. The van der Waals surface area contributed by atoms with Crippen molar-refractivity contribution in [2.24, 2.45) is 0 Å². The number of carbonyl (C=O) groups is 1. The van der Waals surface area contributed by atoms with Crippen molar-refractivity contribution in [3.05, 3.63) is 59.8 Å². The Morgan fingerprint density at radius 2 is 1.97 bits per heavy atom. The number of amides is 1. The Balaban J connectivity index is 1.33. The van der Waals surface area contributed by atoms with E-state index in [9.17, 15) is 9.18 Å². The summed E-state index contributed by atoms with van der Waals surface area (Å²) in [4.78, 5) is 14.5. The Hall–Kier alpha value is -2.81. The van der Waals surface area contributed by atoms with E-state index in [1.54, 1.807) is 18.4 Å². The number of nitrogens with one attached hydrogen (secondary N) is 1. The number of carbonyl (C=O) groups excluding carboxylic acids is 1. The van der Waals surface area contributed by atoms with E-state index < -0.39 is 0 Å². The van der Waals surface area contributed by atoms with E-state index >= 15 is 0 Å². The van der Waals surface area contributed by atoms with Gasteiger partial charge < -0.3 is 14.6 Å². The summed E-state index contributed by atoms with van der Waals surface area (Å²) in [5, 5.41) is 12.3. The van der Waals surface area contributed by atoms with Crippen molar-refractivity contribution in [1.82, 2.24) is 20.1 Å². The van der Waals surface area contributed by atoms with Crippen molar-refractivity contribution in [2.75, 3.05) is 30.3 Å². The third-order valence-electron chi connectivity index (χ3n) is 4.96. The quantitative estimate of drug-likeness (QED) is 0.527. The maximum atomic E-state index is 13.0. The number of aromatic nitrogens is 3. The monoisotopic (exact) mass is 429 g/mol. The van der Waals surface area contributed by atoms with Gasteiger partial charge in [0, 0.05) is 19.6 Å². The van der Waals surface area contributed by atoms with Gasteiger partial charge in [0.1, 0.15) is 11.6 Å². The molecule has 1 amide bonds. The summed E-state index contributed by atoms with van der Waals surface area (Å²) >= 11 is 1.36. The molecule has 1 aliphatic rings. The fourth-order valence-electron chi connectivity index (χ4n) is 3.41. The highest BCUT2D eigenvalue weighted by Gasteiger charge is 2.22. The zero-order valence-corrected chi connectivity index (χ0v) is 17.4. The van der Waals surface area contributed by atoms with Gasteiger partial charge in [0.05, 0.1) is 18.6 Å². The Bertz CT molecular complexity index is 952. The lowest BCUT2D eigenvalue weighted by atomic mass is 10.1. The van der Waals surface area contributed by atoms with Gasteiger partial charge in [-0.15, -0.1) is 10.2 Å². The maximum absolute atomic E-state index is 13.0.